The Kier molecular flexibility index (Phi) is 6.81. The van der Waals surface area contributed by atoms with Gasteiger partial charge in [-0.25, -0.2) is 14.6 Å². The first-order chi connectivity index (χ1) is 18.1. The molecule has 0 bridgehead atoms. The van der Waals surface area contributed by atoms with Crippen molar-refractivity contribution >= 4 is 22.8 Å². The minimum atomic E-state index is -4.42. The molecule has 1 aliphatic rings. The van der Waals surface area contributed by atoms with E-state index < -0.39 is 11.7 Å². The fourth-order valence-electron chi connectivity index (χ4n) is 4.99. The molecule has 1 amide bonds. The third-order valence-electron chi connectivity index (χ3n) is 6.94. The number of anilines is 1. The second-order valence-electron chi connectivity index (χ2n) is 9.90. The molecule has 2 aromatic carbocycles. The van der Waals surface area contributed by atoms with Crippen molar-refractivity contribution in [3.63, 3.8) is 0 Å². The van der Waals surface area contributed by atoms with Crippen molar-refractivity contribution in [3.05, 3.63) is 76.7 Å². The summed E-state index contributed by atoms with van der Waals surface area (Å²) in [6.07, 6.45) is -1.30. The monoisotopic (exact) mass is 522 g/mol. The van der Waals surface area contributed by atoms with E-state index in [1.165, 1.54) is 12.1 Å². The lowest BCUT2D eigenvalue weighted by molar-refractivity contribution is -0.137. The highest BCUT2D eigenvalue weighted by Gasteiger charge is 2.30. The van der Waals surface area contributed by atoms with Crippen molar-refractivity contribution in [2.75, 3.05) is 5.32 Å². The molecule has 198 valence electrons. The summed E-state index contributed by atoms with van der Waals surface area (Å²) in [5, 5.41) is 12.2. The predicted octanol–water partition coefficient (Wildman–Crippen LogP) is 5.91. The second-order valence-corrected chi connectivity index (χ2v) is 9.90. The molecule has 1 saturated carbocycles. The molecule has 5 rings (SSSR count). The van der Waals surface area contributed by atoms with Crippen LogP contribution in [-0.2, 0) is 6.18 Å². The van der Waals surface area contributed by atoms with Crippen LogP contribution in [0.5, 0.6) is 0 Å². The molecular formula is C28H29F3N6O. The molecule has 0 unspecified atom stereocenters. The van der Waals surface area contributed by atoms with Crippen LogP contribution in [0.25, 0.3) is 16.7 Å². The van der Waals surface area contributed by atoms with Crippen molar-refractivity contribution in [3.8, 4) is 5.69 Å². The van der Waals surface area contributed by atoms with Gasteiger partial charge in [-0.3, -0.25) is 4.79 Å². The molecule has 0 aliphatic heterocycles. The van der Waals surface area contributed by atoms with Crippen LogP contribution in [0, 0.1) is 20.8 Å². The van der Waals surface area contributed by atoms with Gasteiger partial charge in [-0.2, -0.15) is 18.3 Å². The maximum absolute atomic E-state index is 12.8. The molecule has 0 atom stereocenters. The van der Waals surface area contributed by atoms with Crippen LogP contribution >= 0.6 is 0 Å². The first-order valence-corrected chi connectivity index (χ1v) is 12.6. The molecule has 0 radical (unpaired) electrons. The highest BCUT2D eigenvalue weighted by atomic mass is 19.4. The lowest BCUT2D eigenvalue weighted by Gasteiger charge is -2.30. The minimum absolute atomic E-state index is 0.0409. The van der Waals surface area contributed by atoms with Gasteiger partial charge in [0.1, 0.15) is 11.6 Å². The van der Waals surface area contributed by atoms with Gasteiger partial charge in [0.05, 0.1) is 22.3 Å². The zero-order valence-corrected chi connectivity index (χ0v) is 21.4. The smallest absolute Gasteiger partial charge is 0.367 e. The van der Waals surface area contributed by atoms with Crippen LogP contribution in [0.3, 0.4) is 0 Å². The van der Waals surface area contributed by atoms with Gasteiger partial charge in [-0.05, 0) is 88.4 Å². The number of fused-ring (bicyclic) bond motifs is 1. The third kappa shape index (κ3) is 5.34. The van der Waals surface area contributed by atoms with Gasteiger partial charge in [-0.1, -0.05) is 12.1 Å². The molecule has 2 N–H and O–H groups in total. The number of aryl methyl sites for hydroxylation is 3. The Morgan fingerprint density at radius 2 is 1.63 bits per heavy atom. The summed E-state index contributed by atoms with van der Waals surface area (Å²) in [4.78, 5) is 21.9. The third-order valence-corrected chi connectivity index (χ3v) is 6.94. The highest BCUT2D eigenvalue weighted by molar-refractivity contribution is 5.94. The first kappa shape index (κ1) is 25.7. The summed E-state index contributed by atoms with van der Waals surface area (Å²) < 4.78 is 40.2. The number of nitrogens with zero attached hydrogens (tertiary/aromatic N) is 4. The van der Waals surface area contributed by atoms with E-state index in [-0.39, 0.29) is 23.6 Å². The van der Waals surface area contributed by atoms with Crippen molar-refractivity contribution < 1.29 is 18.0 Å². The van der Waals surface area contributed by atoms with Crippen LogP contribution in [0.1, 0.15) is 58.7 Å². The zero-order valence-electron chi connectivity index (χ0n) is 21.4. The molecule has 2 heterocycles. The maximum atomic E-state index is 12.8. The normalized spacial score (nSPS) is 17.9. The number of hydrogen-bond donors (Lipinski definition) is 2. The second kappa shape index (κ2) is 10.1. The van der Waals surface area contributed by atoms with Crippen molar-refractivity contribution in [2.45, 2.75) is 64.7 Å². The lowest BCUT2D eigenvalue weighted by Crippen LogP contribution is -2.40. The van der Waals surface area contributed by atoms with E-state index in [1.54, 1.807) is 0 Å². The molecule has 7 nitrogen and oxygen atoms in total. The lowest BCUT2D eigenvalue weighted by atomic mass is 9.91. The number of halogens is 3. The van der Waals surface area contributed by atoms with E-state index in [2.05, 4.69) is 26.7 Å². The van der Waals surface area contributed by atoms with Crippen LogP contribution < -0.4 is 10.6 Å². The molecule has 1 fully saturated rings. The summed E-state index contributed by atoms with van der Waals surface area (Å²) >= 11 is 0. The number of rotatable bonds is 5. The molecular weight excluding hydrogens is 493 g/mol. The van der Waals surface area contributed by atoms with E-state index in [4.69, 9.17) is 5.10 Å². The fraction of sp³-hybridized carbons (Fsp3) is 0.357. The number of aromatic nitrogens is 4. The van der Waals surface area contributed by atoms with Crippen LogP contribution in [0.15, 0.2) is 48.5 Å². The SMILES string of the molecule is Cc1cccc(-n2nc(C)c3c(NC4CCC(NC(=O)c5ccc(C(F)(F)F)cc5)CC4)nc(C)nc32)c1. The number of amides is 1. The van der Waals surface area contributed by atoms with Crippen LogP contribution in [0.4, 0.5) is 19.0 Å². The first-order valence-electron chi connectivity index (χ1n) is 12.6. The Bertz CT molecular complexity index is 1470. The number of benzene rings is 2. The molecule has 4 aromatic rings. The van der Waals surface area contributed by atoms with Gasteiger partial charge >= 0.3 is 6.18 Å². The summed E-state index contributed by atoms with van der Waals surface area (Å²) in [7, 11) is 0. The minimum Gasteiger partial charge on any atom is -0.367 e. The molecule has 0 saturated heterocycles. The van der Waals surface area contributed by atoms with E-state index in [1.807, 2.05) is 43.7 Å². The maximum Gasteiger partial charge on any atom is 0.416 e. The number of hydrogen-bond acceptors (Lipinski definition) is 5. The van der Waals surface area contributed by atoms with Crippen LogP contribution in [-0.4, -0.2) is 37.7 Å². The molecule has 0 spiro atoms. The molecule has 10 heteroatoms. The zero-order chi connectivity index (χ0) is 27.0. The van der Waals surface area contributed by atoms with E-state index in [0.717, 1.165) is 71.6 Å². The van der Waals surface area contributed by atoms with Crippen molar-refractivity contribution in [2.24, 2.45) is 0 Å². The summed E-state index contributed by atoms with van der Waals surface area (Å²) in [6, 6.07) is 12.5. The van der Waals surface area contributed by atoms with Gasteiger partial charge in [0.25, 0.3) is 5.91 Å². The largest absolute Gasteiger partial charge is 0.416 e. The van der Waals surface area contributed by atoms with Crippen molar-refractivity contribution in [1.82, 2.24) is 25.1 Å². The molecule has 38 heavy (non-hydrogen) atoms. The van der Waals surface area contributed by atoms with Gasteiger partial charge in [0, 0.05) is 17.6 Å². The van der Waals surface area contributed by atoms with E-state index >= 15 is 0 Å². The standard InChI is InChI=1S/C28H29F3N6O/c1-16-5-4-6-23(15-16)37-26-24(17(2)36-37)25(32-18(3)33-26)34-21-11-13-22(14-12-21)35-27(38)19-7-9-20(10-8-19)28(29,30)31/h4-10,15,21-22H,11-14H2,1-3H3,(H,35,38)(H,32,33,34). The number of alkyl halides is 3. The molecule has 1 aliphatic carbocycles. The van der Waals surface area contributed by atoms with Crippen molar-refractivity contribution in [1.29, 1.82) is 0 Å². The van der Waals surface area contributed by atoms with E-state index in [9.17, 15) is 18.0 Å². The topological polar surface area (TPSA) is 84.7 Å². The average molecular weight is 523 g/mol. The van der Waals surface area contributed by atoms with Gasteiger partial charge < -0.3 is 10.6 Å². The summed E-state index contributed by atoms with van der Waals surface area (Å²) in [5.74, 6) is 1.04. The Morgan fingerprint density at radius 3 is 2.29 bits per heavy atom. The Balaban J connectivity index is 1.26. The van der Waals surface area contributed by atoms with E-state index in [0.29, 0.717) is 5.82 Å². The highest BCUT2D eigenvalue weighted by Crippen LogP contribution is 2.31. The number of carbonyl (C=O) groups excluding carboxylic acids is 1. The quantitative estimate of drug-likeness (QED) is 0.340. The average Bonchev–Trinajstić information content (AvgIpc) is 3.21. The summed E-state index contributed by atoms with van der Waals surface area (Å²) in [6.45, 7) is 5.85. The molecule has 2 aromatic heterocycles. The Hall–Kier alpha value is -3.95. The number of nitrogens with one attached hydrogen (secondary N) is 2. The fourth-order valence-corrected chi connectivity index (χ4v) is 4.99. The Labute approximate surface area is 218 Å². The summed E-state index contributed by atoms with van der Waals surface area (Å²) in [5.41, 5.74) is 3.11. The Morgan fingerprint density at radius 1 is 0.947 bits per heavy atom. The van der Waals surface area contributed by atoms with Gasteiger partial charge in [0.2, 0.25) is 0 Å². The van der Waals surface area contributed by atoms with Gasteiger partial charge in [0.15, 0.2) is 5.65 Å². The van der Waals surface area contributed by atoms with Gasteiger partial charge in [-0.15, -0.1) is 0 Å². The van der Waals surface area contributed by atoms with Crippen LogP contribution in [0.2, 0.25) is 0 Å². The predicted molar refractivity (Wildman–Crippen MR) is 139 cm³/mol. The number of carbonyl (C=O) groups is 1.